The highest BCUT2D eigenvalue weighted by Crippen LogP contribution is 2.51. The van der Waals surface area contributed by atoms with Crippen molar-refractivity contribution in [2.75, 3.05) is 74.6 Å². The molecule has 16 nitrogen and oxygen atoms in total. The summed E-state index contributed by atoms with van der Waals surface area (Å²) >= 11 is 0. The summed E-state index contributed by atoms with van der Waals surface area (Å²) in [6, 6.07) is 21.8. The maximum Gasteiger partial charge on any atom is 0.344 e. The Hall–Kier alpha value is -6.00. The standard InChI is InChI=1S/C29H39N5O3.C28H37N5O3/c1-32(2)29(24-10-5-4-6-11-24)14-12-28(13-15-29)21-33(27(36)34(28)19-22-8-7-9-22)20-25(35)16-23-17-30-26(37-3)31-18-23;1-31(2)28(23-9-4-3-5-10-23)13-11-27(12-14-28)20-32(26(36)33(27)18-21-7-6-8-21)19-24(34)15-22-16-29-25(35)30-17-22/h4-6,10-11,17-18,22H,7-9,12-16,19-21H2,1-3H3;3-5,9-10,16-17,21H,6-8,11-15,18-20H2,1-2H3,(H,29,30,35). The van der Waals surface area contributed by atoms with Crippen molar-refractivity contribution in [2.24, 2.45) is 11.8 Å². The molecule has 4 amide bonds. The fourth-order valence-corrected chi connectivity index (χ4v) is 13.0. The Labute approximate surface area is 430 Å². The lowest BCUT2D eigenvalue weighted by Crippen LogP contribution is -2.56. The van der Waals surface area contributed by atoms with Crippen molar-refractivity contribution < 1.29 is 23.9 Å². The first-order valence-electron chi connectivity index (χ1n) is 26.7. The van der Waals surface area contributed by atoms with Crippen LogP contribution >= 0.6 is 0 Å². The van der Waals surface area contributed by atoms with Gasteiger partial charge in [-0.15, -0.1) is 0 Å². The molecule has 6 aliphatic rings. The van der Waals surface area contributed by atoms with Gasteiger partial charge >= 0.3 is 23.8 Å². The van der Waals surface area contributed by atoms with Gasteiger partial charge < -0.3 is 29.3 Å². The smallest absolute Gasteiger partial charge is 0.344 e. The van der Waals surface area contributed by atoms with E-state index in [2.05, 4.69) is 128 Å². The molecule has 4 heterocycles. The molecule has 2 aromatic heterocycles. The number of urea groups is 2. The number of ketones is 2. The SMILES string of the molecule is CN(C)C1(c2ccccc2)CCC2(CC1)CN(CC(=O)Cc1cnc(=O)[nH]c1)C(=O)N2CC1CCC1.COc1ncc(CC(=O)CN2CC3(CCC(c4ccccc4)(N(C)C)CC3)N(CC3CCC3)C2=O)cn1. The van der Waals surface area contributed by atoms with Crippen LogP contribution in [0, 0.1) is 11.8 Å². The van der Waals surface area contributed by atoms with Crippen molar-refractivity contribution in [3.05, 3.63) is 118 Å². The Morgan fingerprint density at radius 2 is 1.01 bits per heavy atom. The second-order valence-electron chi connectivity index (χ2n) is 22.6. The summed E-state index contributed by atoms with van der Waals surface area (Å²) in [4.78, 5) is 91.5. The molecule has 0 unspecified atom stereocenters. The van der Waals surface area contributed by atoms with Gasteiger partial charge in [0.15, 0.2) is 11.6 Å². The number of amides is 4. The summed E-state index contributed by atoms with van der Waals surface area (Å²) in [5.74, 6) is 1.12. The van der Waals surface area contributed by atoms with Gasteiger partial charge in [0.1, 0.15) is 0 Å². The Morgan fingerprint density at radius 1 is 0.603 bits per heavy atom. The molecule has 0 atom stereocenters. The molecule has 4 aromatic rings. The summed E-state index contributed by atoms with van der Waals surface area (Å²) in [6.07, 6.45) is 21.5. The third-order valence-corrected chi connectivity index (χ3v) is 17.9. The molecule has 2 aromatic carbocycles. The van der Waals surface area contributed by atoms with Gasteiger partial charge in [0, 0.05) is 74.9 Å². The summed E-state index contributed by atoms with van der Waals surface area (Å²) < 4.78 is 5.01. The zero-order valence-electron chi connectivity index (χ0n) is 43.8. The number of carbonyl (C=O) groups excluding carboxylic acids is 4. The first-order chi connectivity index (χ1) is 35.2. The van der Waals surface area contributed by atoms with E-state index in [0.717, 1.165) is 70.0 Å². The van der Waals surface area contributed by atoms with E-state index in [1.165, 1.54) is 69.2 Å². The van der Waals surface area contributed by atoms with Crippen molar-refractivity contribution >= 4 is 23.6 Å². The first-order valence-corrected chi connectivity index (χ1v) is 26.7. The van der Waals surface area contributed by atoms with Gasteiger partial charge in [0.2, 0.25) is 0 Å². The van der Waals surface area contributed by atoms with Crippen LogP contribution in [0.4, 0.5) is 9.59 Å². The highest BCUT2D eigenvalue weighted by Gasteiger charge is 2.57. The van der Waals surface area contributed by atoms with Crippen molar-refractivity contribution in [2.45, 2.75) is 125 Å². The molecule has 0 bridgehead atoms. The van der Waals surface area contributed by atoms with Gasteiger partial charge in [-0.3, -0.25) is 19.4 Å². The van der Waals surface area contributed by atoms with Crippen molar-refractivity contribution in [1.29, 1.82) is 0 Å². The molecule has 2 saturated heterocycles. The van der Waals surface area contributed by atoms with Crippen LogP contribution < -0.4 is 10.4 Å². The van der Waals surface area contributed by atoms with Crippen molar-refractivity contribution in [1.82, 2.24) is 49.3 Å². The van der Waals surface area contributed by atoms with E-state index >= 15 is 0 Å². The van der Waals surface area contributed by atoms with E-state index in [-0.39, 0.29) is 77.7 Å². The van der Waals surface area contributed by atoms with Gasteiger partial charge in [0.05, 0.1) is 31.3 Å². The number of carbonyl (C=O) groups is 4. The average Bonchev–Trinajstić information content (AvgIpc) is 3.76. The molecule has 73 heavy (non-hydrogen) atoms. The molecule has 4 saturated carbocycles. The highest BCUT2D eigenvalue weighted by molar-refractivity contribution is 5.89. The number of nitrogens with one attached hydrogen (secondary N) is 1. The molecule has 2 spiro atoms. The van der Waals surface area contributed by atoms with Gasteiger partial charge in [0.25, 0.3) is 0 Å². The van der Waals surface area contributed by atoms with Crippen molar-refractivity contribution in [3.8, 4) is 6.01 Å². The zero-order chi connectivity index (χ0) is 51.4. The fraction of sp³-hybridized carbons (Fsp3) is 0.579. The van der Waals surface area contributed by atoms with Crippen LogP contribution in [-0.2, 0) is 33.5 Å². The third-order valence-electron chi connectivity index (χ3n) is 17.9. The molecule has 16 heteroatoms. The highest BCUT2D eigenvalue weighted by atomic mass is 16.5. The number of Topliss-reactive ketones (excluding diaryl/α,β-unsaturated/α-hetero) is 2. The summed E-state index contributed by atoms with van der Waals surface area (Å²) in [7, 11) is 10.2. The number of rotatable bonds is 17. The molecular formula is C57H76N10O6. The quantitative estimate of drug-likeness (QED) is 0.115. The number of nitrogens with zero attached hydrogens (tertiary/aromatic N) is 9. The van der Waals surface area contributed by atoms with Crippen LogP contribution in [-0.4, -0.2) is 159 Å². The van der Waals surface area contributed by atoms with Gasteiger partial charge in [-0.1, -0.05) is 73.5 Å². The number of methoxy groups -OCH3 is 1. The second-order valence-corrected chi connectivity index (χ2v) is 22.6. The molecule has 2 aliphatic heterocycles. The van der Waals surface area contributed by atoms with E-state index < -0.39 is 5.69 Å². The summed E-state index contributed by atoms with van der Waals surface area (Å²) in [5, 5.41) is 0. The van der Waals surface area contributed by atoms with Gasteiger partial charge in [-0.25, -0.2) is 29.3 Å². The minimum Gasteiger partial charge on any atom is -0.467 e. The monoisotopic (exact) mass is 997 g/mol. The molecule has 10 rings (SSSR count). The van der Waals surface area contributed by atoms with Crippen LogP contribution in [0.2, 0.25) is 0 Å². The summed E-state index contributed by atoms with van der Waals surface area (Å²) in [6.45, 7) is 3.07. The van der Waals surface area contributed by atoms with E-state index in [9.17, 15) is 24.0 Å². The van der Waals surface area contributed by atoms with Crippen LogP contribution in [0.5, 0.6) is 6.01 Å². The van der Waals surface area contributed by atoms with Crippen LogP contribution in [0.1, 0.15) is 112 Å². The maximum absolute atomic E-state index is 13.7. The lowest BCUT2D eigenvalue weighted by atomic mass is 9.68. The Balaban J connectivity index is 0.000000180. The van der Waals surface area contributed by atoms with Crippen LogP contribution in [0.25, 0.3) is 0 Å². The Morgan fingerprint density at radius 3 is 1.37 bits per heavy atom. The van der Waals surface area contributed by atoms with Gasteiger partial charge in [-0.2, -0.15) is 0 Å². The van der Waals surface area contributed by atoms with Crippen LogP contribution in [0.15, 0.2) is 90.2 Å². The molecule has 4 aliphatic carbocycles. The van der Waals surface area contributed by atoms with E-state index in [1.807, 2.05) is 0 Å². The van der Waals surface area contributed by atoms with Gasteiger partial charge in [-0.05, 0) is 139 Å². The predicted octanol–water partition coefficient (Wildman–Crippen LogP) is 7.09. The lowest BCUT2D eigenvalue weighted by molar-refractivity contribution is -0.119. The normalized spacial score (nSPS) is 26.3. The number of hydrogen-bond donors (Lipinski definition) is 1. The first kappa shape index (κ1) is 51.9. The largest absolute Gasteiger partial charge is 0.467 e. The van der Waals surface area contributed by atoms with E-state index in [4.69, 9.17) is 4.74 Å². The average molecular weight is 997 g/mol. The number of benzene rings is 2. The third kappa shape index (κ3) is 10.8. The van der Waals surface area contributed by atoms with Crippen molar-refractivity contribution in [3.63, 3.8) is 0 Å². The molecule has 1 N–H and O–H groups in total. The number of H-pyrrole nitrogens is 1. The maximum atomic E-state index is 13.7. The minimum absolute atomic E-state index is 0.00509. The summed E-state index contributed by atoms with van der Waals surface area (Å²) in [5.41, 5.74) is 3.13. The number of aromatic amines is 1. The molecular weight excluding hydrogens is 921 g/mol. The zero-order valence-corrected chi connectivity index (χ0v) is 43.8. The Bertz CT molecular complexity index is 2580. The van der Waals surface area contributed by atoms with E-state index in [0.29, 0.717) is 30.5 Å². The fourth-order valence-electron chi connectivity index (χ4n) is 13.0. The Kier molecular flexibility index (Phi) is 15.5. The lowest BCUT2D eigenvalue weighted by Gasteiger charge is -2.51. The van der Waals surface area contributed by atoms with E-state index in [1.54, 1.807) is 22.2 Å². The molecule has 0 radical (unpaired) electrons. The predicted molar refractivity (Wildman–Crippen MR) is 279 cm³/mol. The minimum atomic E-state index is -0.434. The second kappa shape index (κ2) is 21.8. The van der Waals surface area contributed by atoms with Crippen LogP contribution in [0.3, 0.4) is 0 Å². The number of ether oxygens (including phenoxy) is 1. The molecule has 390 valence electrons. The number of hydrogen-bond acceptors (Lipinski definition) is 11. The number of aromatic nitrogens is 4. The molecule has 6 fully saturated rings. The topological polar surface area (TPSA) is 168 Å².